The summed E-state index contributed by atoms with van der Waals surface area (Å²) in [5.74, 6) is 0. The van der Waals surface area contributed by atoms with E-state index >= 15 is 0 Å². The van der Waals surface area contributed by atoms with Crippen molar-refractivity contribution in [3.8, 4) is 0 Å². The summed E-state index contributed by atoms with van der Waals surface area (Å²) in [6, 6.07) is 14.0. The van der Waals surface area contributed by atoms with E-state index in [1.54, 1.807) is 0 Å². The Morgan fingerprint density at radius 2 is 2.11 bits per heavy atom. The smallest absolute Gasteiger partial charge is 0.0253 e. The molecular formula is C17H20BrN. The lowest BCUT2D eigenvalue weighted by Crippen LogP contribution is -2.36. The number of rotatable bonds is 2. The number of halogens is 1. The van der Waals surface area contributed by atoms with Crippen LogP contribution < -0.4 is 0 Å². The predicted octanol–water partition coefficient (Wildman–Crippen LogP) is 4.98. The van der Waals surface area contributed by atoms with Crippen molar-refractivity contribution in [1.82, 2.24) is 4.90 Å². The first-order chi connectivity index (χ1) is 9.24. The molecule has 0 amide bonds. The average molecular weight is 318 g/mol. The van der Waals surface area contributed by atoms with Crippen molar-refractivity contribution in [2.75, 3.05) is 6.54 Å². The first-order valence-electron chi connectivity index (χ1n) is 7.15. The van der Waals surface area contributed by atoms with Crippen molar-refractivity contribution in [2.45, 2.75) is 38.8 Å². The molecular weight excluding hydrogens is 298 g/mol. The van der Waals surface area contributed by atoms with Gasteiger partial charge in [0.05, 0.1) is 0 Å². The van der Waals surface area contributed by atoms with E-state index in [0.717, 1.165) is 12.6 Å². The molecule has 2 aromatic rings. The van der Waals surface area contributed by atoms with Crippen molar-refractivity contribution in [1.29, 1.82) is 0 Å². The van der Waals surface area contributed by atoms with Gasteiger partial charge in [0.2, 0.25) is 0 Å². The molecule has 0 spiro atoms. The number of fused-ring (bicyclic) bond motifs is 1. The maximum atomic E-state index is 3.62. The second-order valence-electron chi connectivity index (χ2n) is 5.61. The predicted molar refractivity (Wildman–Crippen MR) is 85.4 cm³/mol. The van der Waals surface area contributed by atoms with Crippen LogP contribution in [-0.4, -0.2) is 17.5 Å². The SMILES string of the molecule is CC1CCCCN1Cc1ccc2c(Br)cccc2c1. The van der Waals surface area contributed by atoms with Crippen LogP contribution in [0.25, 0.3) is 10.8 Å². The highest BCUT2D eigenvalue weighted by molar-refractivity contribution is 9.10. The highest BCUT2D eigenvalue weighted by Crippen LogP contribution is 2.26. The van der Waals surface area contributed by atoms with Crippen LogP contribution in [-0.2, 0) is 6.54 Å². The largest absolute Gasteiger partial charge is 0.296 e. The molecule has 0 aliphatic carbocycles. The fourth-order valence-electron chi connectivity index (χ4n) is 3.02. The summed E-state index contributed by atoms with van der Waals surface area (Å²) < 4.78 is 1.18. The number of benzene rings is 2. The van der Waals surface area contributed by atoms with Crippen molar-refractivity contribution < 1.29 is 0 Å². The van der Waals surface area contributed by atoms with Crippen LogP contribution in [0.3, 0.4) is 0 Å². The first-order valence-corrected chi connectivity index (χ1v) is 7.94. The van der Waals surface area contributed by atoms with Gasteiger partial charge in [0, 0.05) is 17.1 Å². The molecule has 1 heterocycles. The maximum absolute atomic E-state index is 3.62. The molecule has 19 heavy (non-hydrogen) atoms. The third-order valence-corrected chi connectivity index (χ3v) is 4.91. The topological polar surface area (TPSA) is 3.24 Å². The summed E-state index contributed by atoms with van der Waals surface area (Å²) in [6.07, 6.45) is 4.09. The lowest BCUT2D eigenvalue weighted by atomic mass is 10.0. The van der Waals surface area contributed by atoms with E-state index in [1.807, 2.05) is 0 Å². The van der Waals surface area contributed by atoms with Crippen molar-refractivity contribution in [3.05, 3.63) is 46.4 Å². The van der Waals surface area contributed by atoms with Gasteiger partial charge in [-0.25, -0.2) is 0 Å². The molecule has 1 fully saturated rings. The van der Waals surface area contributed by atoms with Crippen LogP contribution in [0.2, 0.25) is 0 Å². The Kier molecular flexibility index (Phi) is 3.90. The molecule has 0 aromatic heterocycles. The zero-order chi connectivity index (χ0) is 13.2. The Balaban J connectivity index is 1.85. The van der Waals surface area contributed by atoms with Gasteiger partial charge >= 0.3 is 0 Å². The van der Waals surface area contributed by atoms with Crippen LogP contribution in [0, 0.1) is 0 Å². The minimum Gasteiger partial charge on any atom is -0.296 e. The van der Waals surface area contributed by atoms with Gasteiger partial charge < -0.3 is 0 Å². The van der Waals surface area contributed by atoms with Crippen molar-refractivity contribution in [3.63, 3.8) is 0 Å². The Hall–Kier alpha value is -0.860. The van der Waals surface area contributed by atoms with Gasteiger partial charge in [-0.2, -0.15) is 0 Å². The molecule has 2 aromatic carbocycles. The second kappa shape index (κ2) is 5.64. The van der Waals surface area contributed by atoms with Gasteiger partial charge in [-0.15, -0.1) is 0 Å². The molecule has 1 saturated heterocycles. The van der Waals surface area contributed by atoms with Gasteiger partial charge in [0.1, 0.15) is 0 Å². The highest BCUT2D eigenvalue weighted by Gasteiger charge is 2.18. The van der Waals surface area contributed by atoms with E-state index in [2.05, 4.69) is 64.2 Å². The fraction of sp³-hybridized carbons (Fsp3) is 0.412. The molecule has 1 aliphatic rings. The second-order valence-corrected chi connectivity index (χ2v) is 6.46. The van der Waals surface area contributed by atoms with E-state index < -0.39 is 0 Å². The van der Waals surface area contributed by atoms with Crippen molar-refractivity contribution in [2.24, 2.45) is 0 Å². The van der Waals surface area contributed by atoms with Gasteiger partial charge in [0.25, 0.3) is 0 Å². The number of nitrogens with zero attached hydrogens (tertiary/aromatic N) is 1. The number of hydrogen-bond donors (Lipinski definition) is 0. The Labute approximate surface area is 123 Å². The molecule has 1 unspecified atom stereocenters. The monoisotopic (exact) mass is 317 g/mol. The standard InChI is InChI=1S/C17H20BrN/c1-13-5-2-3-10-19(13)12-14-8-9-16-15(11-14)6-4-7-17(16)18/h4,6-9,11,13H,2-3,5,10,12H2,1H3. The molecule has 0 radical (unpaired) electrons. The zero-order valence-electron chi connectivity index (χ0n) is 11.4. The summed E-state index contributed by atoms with van der Waals surface area (Å²) in [5.41, 5.74) is 1.43. The number of hydrogen-bond acceptors (Lipinski definition) is 1. The molecule has 1 nitrogen and oxygen atoms in total. The van der Waals surface area contributed by atoms with E-state index in [4.69, 9.17) is 0 Å². The van der Waals surface area contributed by atoms with E-state index in [0.29, 0.717) is 0 Å². The Morgan fingerprint density at radius 1 is 1.21 bits per heavy atom. The molecule has 2 heteroatoms. The molecule has 100 valence electrons. The molecule has 0 saturated carbocycles. The molecule has 1 atom stereocenters. The average Bonchev–Trinajstić information content (AvgIpc) is 2.42. The van der Waals surface area contributed by atoms with Crippen LogP contribution in [0.5, 0.6) is 0 Å². The summed E-state index contributed by atoms with van der Waals surface area (Å²) in [7, 11) is 0. The fourth-order valence-corrected chi connectivity index (χ4v) is 3.53. The third kappa shape index (κ3) is 2.85. The van der Waals surface area contributed by atoms with Crippen molar-refractivity contribution >= 4 is 26.7 Å². The summed E-state index contributed by atoms with van der Waals surface area (Å²) in [5, 5.41) is 2.63. The number of likely N-dealkylation sites (tertiary alicyclic amines) is 1. The first kappa shape index (κ1) is 13.1. The van der Waals surface area contributed by atoms with Gasteiger partial charge in [0.15, 0.2) is 0 Å². The van der Waals surface area contributed by atoms with Gasteiger partial charge in [-0.05, 0) is 54.8 Å². The van der Waals surface area contributed by atoms with E-state index in [1.165, 1.54) is 46.6 Å². The lowest BCUT2D eigenvalue weighted by Gasteiger charge is -2.33. The van der Waals surface area contributed by atoms with E-state index in [9.17, 15) is 0 Å². The van der Waals surface area contributed by atoms with E-state index in [-0.39, 0.29) is 0 Å². The normalized spacial score (nSPS) is 20.8. The van der Waals surface area contributed by atoms with Gasteiger partial charge in [-0.1, -0.05) is 46.6 Å². The molecule has 3 rings (SSSR count). The van der Waals surface area contributed by atoms with Crippen LogP contribution in [0.4, 0.5) is 0 Å². The van der Waals surface area contributed by atoms with Gasteiger partial charge in [-0.3, -0.25) is 4.90 Å². The quantitative estimate of drug-likeness (QED) is 0.755. The zero-order valence-corrected chi connectivity index (χ0v) is 13.0. The third-order valence-electron chi connectivity index (χ3n) is 4.22. The molecule has 1 aliphatic heterocycles. The van der Waals surface area contributed by atoms with Crippen LogP contribution in [0.1, 0.15) is 31.7 Å². The number of piperidine rings is 1. The minimum absolute atomic E-state index is 0.729. The molecule has 0 bridgehead atoms. The summed E-state index contributed by atoms with van der Waals surface area (Å²) in [4.78, 5) is 2.61. The maximum Gasteiger partial charge on any atom is 0.0253 e. The van der Waals surface area contributed by atoms with Crippen LogP contribution >= 0.6 is 15.9 Å². The highest BCUT2D eigenvalue weighted by atomic mass is 79.9. The van der Waals surface area contributed by atoms with Crippen LogP contribution in [0.15, 0.2) is 40.9 Å². The lowest BCUT2D eigenvalue weighted by molar-refractivity contribution is 0.152. The minimum atomic E-state index is 0.729. The summed E-state index contributed by atoms with van der Waals surface area (Å²) in [6.45, 7) is 4.69. The Bertz CT molecular complexity index is 578. The Morgan fingerprint density at radius 3 is 2.95 bits per heavy atom. The molecule has 0 N–H and O–H groups in total. The summed E-state index contributed by atoms with van der Waals surface area (Å²) >= 11 is 3.62.